The van der Waals surface area contributed by atoms with Crippen molar-refractivity contribution in [2.75, 3.05) is 19.7 Å². The van der Waals surface area contributed by atoms with Crippen LogP contribution >= 0.6 is 0 Å². The number of carbonyl (C=O) groups excluding carboxylic acids is 2. The van der Waals surface area contributed by atoms with Gasteiger partial charge in [-0.15, -0.1) is 0 Å². The summed E-state index contributed by atoms with van der Waals surface area (Å²) in [5.74, 6) is 0.536. The zero-order valence-electron chi connectivity index (χ0n) is 16.1. The monoisotopic (exact) mass is 382 g/mol. The van der Waals surface area contributed by atoms with Crippen molar-refractivity contribution in [1.29, 1.82) is 0 Å². The van der Waals surface area contributed by atoms with Gasteiger partial charge in [0, 0.05) is 24.7 Å². The Morgan fingerprint density at radius 3 is 2.54 bits per heavy atom. The van der Waals surface area contributed by atoms with Gasteiger partial charge in [0.15, 0.2) is 0 Å². The zero-order chi connectivity index (χ0) is 19.8. The van der Waals surface area contributed by atoms with Crippen molar-refractivity contribution in [1.82, 2.24) is 10.2 Å². The van der Waals surface area contributed by atoms with Crippen LogP contribution in [0.2, 0.25) is 0 Å². The largest absolute Gasteiger partial charge is 0.489 e. The molecular formula is C22H26N2O4. The van der Waals surface area contributed by atoms with Crippen molar-refractivity contribution >= 4 is 12.0 Å². The van der Waals surface area contributed by atoms with E-state index in [1.165, 1.54) is 0 Å². The molecule has 148 valence electrons. The third-order valence-electron chi connectivity index (χ3n) is 4.70. The fourth-order valence-corrected chi connectivity index (χ4v) is 3.16. The summed E-state index contributed by atoms with van der Waals surface area (Å²) in [5, 5.41) is 3.05. The highest BCUT2D eigenvalue weighted by molar-refractivity contribution is 5.94. The standard InChI is InChI=1S/C22H26N2O4/c1-2-27-22(26)24-13-11-19(12-14-24)23-21(25)18-9-6-10-20(15-18)28-16-17-7-4-3-5-8-17/h3-10,15,19H,2,11-14,16H2,1H3,(H,23,25). The maximum Gasteiger partial charge on any atom is 0.409 e. The van der Waals surface area contributed by atoms with E-state index in [1.807, 2.05) is 42.5 Å². The smallest absolute Gasteiger partial charge is 0.409 e. The van der Waals surface area contributed by atoms with E-state index in [1.54, 1.807) is 24.0 Å². The van der Waals surface area contributed by atoms with Crippen molar-refractivity contribution < 1.29 is 19.1 Å². The van der Waals surface area contributed by atoms with Crippen molar-refractivity contribution in [2.45, 2.75) is 32.4 Å². The summed E-state index contributed by atoms with van der Waals surface area (Å²) in [4.78, 5) is 26.0. The van der Waals surface area contributed by atoms with Gasteiger partial charge in [0.25, 0.3) is 5.91 Å². The van der Waals surface area contributed by atoms with Crippen molar-refractivity contribution in [3.05, 3.63) is 65.7 Å². The molecule has 2 amide bonds. The number of rotatable bonds is 6. The number of benzene rings is 2. The molecule has 0 bridgehead atoms. The second-order valence-corrected chi connectivity index (χ2v) is 6.74. The molecule has 1 N–H and O–H groups in total. The van der Waals surface area contributed by atoms with Crippen LogP contribution in [0.4, 0.5) is 4.79 Å². The van der Waals surface area contributed by atoms with Gasteiger partial charge in [-0.1, -0.05) is 36.4 Å². The first-order chi connectivity index (χ1) is 13.7. The summed E-state index contributed by atoms with van der Waals surface area (Å²) in [6, 6.07) is 17.1. The van der Waals surface area contributed by atoms with Gasteiger partial charge < -0.3 is 19.7 Å². The highest BCUT2D eigenvalue weighted by atomic mass is 16.6. The van der Waals surface area contributed by atoms with Crippen molar-refractivity contribution in [3.8, 4) is 5.75 Å². The first kappa shape index (κ1) is 19.7. The molecular weight excluding hydrogens is 356 g/mol. The lowest BCUT2D eigenvalue weighted by atomic mass is 10.0. The number of hydrogen-bond acceptors (Lipinski definition) is 4. The molecule has 1 heterocycles. The molecule has 0 radical (unpaired) electrons. The maximum atomic E-state index is 12.6. The Bertz CT molecular complexity index is 786. The Balaban J connectivity index is 1.50. The Kier molecular flexibility index (Phi) is 6.89. The second kappa shape index (κ2) is 9.78. The van der Waals surface area contributed by atoms with Gasteiger partial charge >= 0.3 is 6.09 Å². The van der Waals surface area contributed by atoms with Crippen LogP contribution in [-0.4, -0.2) is 42.6 Å². The number of nitrogens with zero attached hydrogens (tertiary/aromatic N) is 1. The lowest BCUT2D eigenvalue weighted by Crippen LogP contribution is -2.46. The number of amides is 2. The molecule has 0 spiro atoms. The van der Waals surface area contributed by atoms with Crippen LogP contribution < -0.4 is 10.1 Å². The fraction of sp³-hybridized carbons (Fsp3) is 0.364. The molecule has 1 aliphatic heterocycles. The van der Waals surface area contributed by atoms with Crippen LogP contribution in [0.25, 0.3) is 0 Å². The van der Waals surface area contributed by atoms with E-state index in [4.69, 9.17) is 9.47 Å². The van der Waals surface area contributed by atoms with Crippen LogP contribution in [0.1, 0.15) is 35.7 Å². The number of piperidine rings is 1. The highest BCUT2D eigenvalue weighted by Crippen LogP contribution is 2.17. The van der Waals surface area contributed by atoms with Crippen molar-refractivity contribution in [2.24, 2.45) is 0 Å². The fourth-order valence-electron chi connectivity index (χ4n) is 3.16. The lowest BCUT2D eigenvalue weighted by Gasteiger charge is -2.31. The summed E-state index contributed by atoms with van der Waals surface area (Å²) in [6.45, 7) is 3.80. The molecule has 2 aromatic carbocycles. The van der Waals surface area contributed by atoms with E-state index in [0.717, 1.165) is 18.4 Å². The van der Waals surface area contributed by atoms with Crippen molar-refractivity contribution in [3.63, 3.8) is 0 Å². The lowest BCUT2D eigenvalue weighted by molar-refractivity contribution is 0.0859. The molecule has 6 heteroatoms. The van der Waals surface area contributed by atoms with Crippen LogP contribution in [-0.2, 0) is 11.3 Å². The van der Waals surface area contributed by atoms with E-state index >= 15 is 0 Å². The molecule has 0 aromatic heterocycles. The van der Waals surface area contributed by atoms with E-state index in [2.05, 4.69) is 5.32 Å². The minimum Gasteiger partial charge on any atom is -0.489 e. The van der Waals surface area contributed by atoms with Gasteiger partial charge in [0.1, 0.15) is 12.4 Å². The Hall–Kier alpha value is -3.02. The van der Waals surface area contributed by atoms with Crippen LogP contribution in [0.3, 0.4) is 0 Å². The predicted octanol–water partition coefficient (Wildman–Crippen LogP) is 3.62. The van der Waals surface area contributed by atoms with Crippen LogP contribution in [0.15, 0.2) is 54.6 Å². The summed E-state index contributed by atoms with van der Waals surface area (Å²) in [5.41, 5.74) is 1.64. The zero-order valence-corrected chi connectivity index (χ0v) is 16.1. The van der Waals surface area contributed by atoms with Gasteiger partial charge in [-0.2, -0.15) is 0 Å². The number of hydrogen-bond donors (Lipinski definition) is 1. The molecule has 28 heavy (non-hydrogen) atoms. The average molecular weight is 382 g/mol. The molecule has 1 saturated heterocycles. The second-order valence-electron chi connectivity index (χ2n) is 6.74. The van der Waals surface area contributed by atoms with Gasteiger partial charge in [0.05, 0.1) is 6.61 Å². The minimum atomic E-state index is -0.282. The minimum absolute atomic E-state index is 0.0482. The average Bonchev–Trinajstić information content (AvgIpc) is 2.74. The predicted molar refractivity (Wildman–Crippen MR) is 106 cm³/mol. The Morgan fingerprint density at radius 1 is 1.07 bits per heavy atom. The molecule has 3 rings (SSSR count). The third-order valence-corrected chi connectivity index (χ3v) is 4.70. The Labute approximate surface area is 165 Å². The first-order valence-corrected chi connectivity index (χ1v) is 9.65. The van der Waals surface area contributed by atoms with E-state index in [-0.39, 0.29) is 18.0 Å². The summed E-state index contributed by atoms with van der Waals surface area (Å²) in [7, 11) is 0. The molecule has 1 aliphatic rings. The highest BCUT2D eigenvalue weighted by Gasteiger charge is 2.24. The molecule has 2 aromatic rings. The number of ether oxygens (including phenoxy) is 2. The molecule has 0 aliphatic carbocycles. The number of nitrogens with one attached hydrogen (secondary N) is 1. The molecule has 0 unspecified atom stereocenters. The Morgan fingerprint density at radius 2 is 1.82 bits per heavy atom. The van der Waals surface area contributed by atoms with E-state index < -0.39 is 0 Å². The summed E-state index contributed by atoms with van der Waals surface area (Å²) in [6.07, 6.45) is 1.15. The third kappa shape index (κ3) is 5.49. The van der Waals surface area contributed by atoms with Gasteiger partial charge in [-0.3, -0.25) is 4.79 Å². The van der Waals surface area contributed by atoms with E-state index in [0.29, 0.717) is 37.6 Å². The molecule has 6 nitrogen and oxygen atoms in total. The van der Waals surface area contributed by atoms with Crippen LogP contribution in [0.5, 0.6) is 5.75 Å². The van der Waals surface area contributed by atoms with Gasteiger partial charge in [-0.05, 0) is 43.5 Å². The SMILES string of the molecule is CCOC(=O)N1CCC(NC(=O)c2cccc(OCc3ccccc3)c2)CC1. The molecule has 0 saturated carbocycles. The first-order valence-electron chi connectivity index (χ1n) is 9.65. The van der Waals surface area contributed by atoms with Crippen LogP contribution in [0, 0.1) is 0 Å². The maximum absolute atomic E-state index is 12.6. The molecule has 0 atom stereocenters. The van der Waals surface area contributed by atoms with Gasteiger partial charge in [-0.25, -0.2) is 4.79 Å². The van der Waals surface area contributed by atoms with Gasteiger partial charge in [0.2, 0.25) is 0 Å². The molecule has 1 fully saturated rings. The summed E-state index contributed by atoms with van der Waals surface area (Å²) >= 11 is 0. The topological polar surface area (TPSA) is 67.9 Å². The normalized spacial score (nSPS) is 14.4. The number of likely N-dealkylation sites (tertiary alicyclic amines) is 1. The summed E-state index contributed by atoms with van der Waals surface area (Å²) < 4.78 is 10.8. The quantitative estimate of drug-likeness (QED) is 0.829. The van der Waals surface area contributed by atoms with E-state index in [9.17, 15) is 9.59 Å². The number of carbonyl (C=O) groups is 2.